The van der Waals surface area contributed by atoms with E-state index in [1.54, 1.807) is 0 Å². The monoisotopic (exact) mass is 354 g/mol. The lowest BCUT2D eigenvalue weighted by molar-refractivity contribution is -0.0166. The van der Waals surface area contributed by atoms with E-state index in [1.165, 1.54) is 64.2 Å². The smallest absolute Gasteiger partial charge is 0.253 e. The minimum absolute atomic E-state index is 0.0834. The van der Waals surface area contributed by atoms with Crippen LogP contribution in [-0.2, 0) is 0 Å². The van der Waals surface area contributed by atoms with Crippen molar-refractivity contribution >= 4 is 11.6 Å². The van der Waals surface area contributed by atoms with Crippen molar-refractivity contribution in [2.45, 2.75) is 76.7 Å². The van der Waals surface area contributed by atoms with Gasteiger partial charge in [0.2, 0.25) is 0 Å². The van der Waals surface area contributed by atoms with E-state index < -0.39 is 0 Å². The van der Waals surface area contributed by atoms with Crippen molar-refractivity contribution in [2.75, 3.05) is 11.9 Å². The van der Waals surface area contributed by atoms with E-state index in [9.17, 15) is 4.79 Å². The average Bonchev–Trinajstić information content (AvgIpc) is 2.60. The molecule has 3 nitrogen and oxygen atoms in total. The van der Waals surface area contributed by atoms with E-state index in [-0.39, 0.29) is 11.4 Å². The molecule has 1 amide bonds. The standard InChI is InChI=1S/C23H34N2O/c1-2-3-4-7-10-24-21-9-6-5-8-20(21)22(26)25-23-14-17-11-18(15-23)13-19(12-17)16-23/h5-6,8-9,17-19,24H,2-4,7,10-16H2,1H3,(H,25,26). The Morgan fingerprint density at radius 3 is 2.31 bits per heavy atom. The maximum absolute atomic E-state index is 13.1. The lowest BCUT2D eigenvalue weighted by Crippen LogP contribution is -2.59. The second-order valence-electron chi connectivity index (χ2n) is 9.19. The van der Waals surface area contributed by atoms with Crippen molar-refractivity contribution in [2.24, 2.45) is 17.8 Å². The molecule has 4 bridgehead atoms. The number of para-hydroxylation sites is 1. The third kappa shape index (κ3) is 3.77. The molecule has 4 aliphatic rings. The van der Waals surface area contributed by atoms with Gasteiger partial charge in [0.1, 0.15) is 0 Å². The summed E-state index contributed by atoms with van der Waals surface area (Å²) in [6, 6.07) is 8.03. The number of amides is 1. The summed E-state index contributed by atoms with van der Waals surface area (Å²) >= 11 is 0. The quantitative estimate of drug-likeness (QED) is 0.616. The van der Waals surface area contributed by atoms with Crippen LogP contribution in [0.4, 0.5) is 5.69 Å². The van der Waals surface area contributed by atoms with E-state index in [0.29, 0.717) is 0 Å². The van der Waals surface area contributed by atoms with Crippen molar-refractivity contribution in [3.05, 3.63) is 29.8 Å². The Balaban J connectivity index is 1.40. The Morgan fingerprint density at radius 2 is 1.65 bits per heavy atom. The second-order valence-corrected chi connectivity index (χ2v) is 9.19. The number of benzene rings is 1. The molecule has 4 aliphatic carbocycles. The summed E-state index contributed by atoms with van der Waals surface area (Å²) in [5.74, 6) is 2.69. The first-order valence-electron chi connectivity index (χ1n) is 10.8. The summed E-state index contributed by atoms with van der Waals surface area (Å²) in [5.41, 5.74) is 1.89. The zero-order valence-corrected chi connectivity index (χ0v) is 16.2. The summed E-state index contributed by atoms with van der Waals surface area (Å²) in [6.07, 6.45) is 12.8. The molecule has 1 aromatic rings. The number of hydrogen-bond acceptors (Lipinski definition) is 2. The molecule has 0 saturated heterocycles. The molecule has 0 unspecified atom stereocenters. The highest BCUT2D eigenvalue weighted by Crippen LogP contribution is 2.55. The summed E-state index contributed by atoms with van der Waals surface area (Å²) in [5, 5.41) is 7.01. The Bertz CT molecular complexity index is 604. The van der Waals surface area contributed by atoms with Crippen LogP contribution in [-0.4, -0.2) is 18.0 Å². The molecule has 142 valence electrons. The highest BCUT2D eigenvalue weighted by molar-refractivity contribution is 6.00. The van der Waals surface area contributed by atoms with Crippen LogP contribution in [0.2, 0.25) is 0 Å². The van der Waals surface area contributed by atoms with Crippen molar-refractivity contribution in [3.8, 4) is 0 Å². The van der Waals surface area contributed by atoms with Gasteiger partial charge in [-0.2, -0.15) is 0 Å². The lowest BCUT2D eigenvalue weighted by Gasteiger charge is -2.56. The summed E-state index contributed by atoms with van der Waals surface area (Å²) in [6.45, 7) is 3.18. The topological polar surface area (TPSA) is 41.1 Å². The number of hydrogen-bond donors (Lipinski definition) is 2. The molecular formula is C23H34N2O. The second kappa shape index (κ2) is 7.62. The fourth-order valence-electron chi connectivity index (χ4n) is 6.18. The largest absolute Gasteiger partial charge is 0.384 e. The molecule has 0 aromatic heterocycles. The van der Waals surface area contributed by atoms with Crippen molar-refractivity contribution in [1.82, 2.24) is 5.32 Å². The fourth-order valence-corrected chi connectivity index (χ4v) is 6.18. The van der Waals surface area contributed by atoms with Crippen LogP contribution in [0, 0.1) is 17.8 Å². The van der Waals surface area contributed by atoms with Crippen LogP contribution < -0.4 is 10.6 Å². The number of nitrogens with one attached hydrogen (secondary N) is 2. The third-order valence-corrected chi connectivity index (χ3v) is 6.93. The number of unbranched alkanes of at least 4 members (excludes halogenated alkanes) is 3. The SMILES string of the molecule is CCCCCCNc1ccccc1C(=O)NC12CC3CC(CC(C3)C1)C2. The maximum Gasteiger partial charge on any atom is 0.253 e. The minimum atomic E-state index is 0.0834. The van der Waals surface area contributed by atoms with Gasteiger partial charge in [-0.1, -0.05) is 38.3 Å². The summed E-state index contributed by atoms with van der Waals surface area (Å²) < 4.78 is 0. The Kier molecular flexibility index (Phi) is 5.24. The van der Waals surface area contributed by atoms with Crippen LogP contribution in [0.25, 0.3) is 0 Å². The molecule has 4 saturated carbocycles. The molecule has 3 heteroatoms. The fraction of sp³-hybridized carbons (Fsp3) is 0.696. The van der Waals surface area contributed by atoms with Gasteiger partial charge >= 0.3 is 0 Å². The van der Waals surface area contributed by atoms with Gasteiger partial charge in [-0.05, 0) is 74.8 Å². The van der Waals surface area contributed by atoms with Gasteiger partial charge in [0, 0.05) is 17.8 Å². The number of carbonyl (C=O) groups excluding carboxylic acids is 1. The average molecular weight is 355 g/mol. The molecule has 5 rings (SSSR count). The minimum Gasteiger partial charge on any atom is -0.384 e. The van der Waals surface area contributed by atoms with Gasteiger partial charge in [0.25, 0.3) is 5.91 Å². The van der Waals surface area contributed by atoms with Gasteiger partial charge in [0.15, 0.2) is 0 Å². The first kappa shape index (κ1) is 17.9. The Hall–Kier alpha value is -1.51. The van der Waals surface area contributed by atoms with Gasteiger partial charge < -0.3 is 10.6 Å². The van der Waals surface area contributed by atoms with Crippen LogP contribution in [0.3, 0.4) is 0 Å². The van der Waals surface area contributed by atoms with Gasteiger partial charge in [-0.3, -0.25) is 4.79 Å². The van der Waals surface area contributed by atoms with Crippen LogP contribution in [0.15, 0.2) is 24.3 Å². The van der Waals surface area contributed by atoms with Gasteiger partial charge in [-0.15, -0.1) is 0 Å². The van der Waals surface area contributed by atoms with Crippen molar-refractivity contribution < 1.29 is 4.79 Å². The van der Waals surface area contributed by atoms with E-state index in [1.807, 2.05) is 18.2 Å². The van der Waals surface area contributed by atoms with Crippen molar-refractivity contribution in [1.29, 1.82) is 0 Å². The normalized spacial score (nSPS) is 31.8. The highest BCUT2D eigenvalue weighted by atomic mass is 16.1. The molecule has 0 radical (unpaired) electrons. The molecule has 1 aromatic carbocycles. The van der Waals surface area contributed by atoms with Gasteiger partial charge in [0.05, 0.1) is 5.56 Å². The summed E-state index contributed by atoms with van der Waals surface area (Å²) in [4.78, 5) is 13.1. The lowest BCUT2D eigenvalue weighted by atomic mass is 9.53. The van der Waals surface area contributed by atoms with E-state index in [2.05, 4.69) is 23.6 Å². The summed E-state index contributed by atoms with van der Waals surface area (Å²) in [7, 11) is 0. The molecule has 4 fully saturated rings. The first-order valence-corrected chi connectivity index (χ1v) is 10.8. The van der Waals surface area contributed by atoms with E-state index in [4.69, 9.17) is 0 Å². The zero-order valence-electron chi connectivity index (χ0n) is 16.2. The molecule has 0 aliphatic heterocycles. The highest BCUT2D eigenvalue weighted by Gasteiger charge is 2.51. The molecule has 2 N–H and O–H groups in total. The number of carbonyl (C=O) groups is 1. The molecule has 0 spiro atoms. The number of anilines is 1. The van der Waals surface area contributed by atoms with Crippen LogP contribution in [0.1, 0.15) is 81.5 Å². The molecule has 0 heterocycles. The van der Waals surface area contributed by atoms with Crippen LogP contribution >= 0.6 is 0 Å². The molecular weight excluding hydrogens is 320 g/mol. The Labute approximate surface area is 158 Å². The molecule has 26 heavy (non-hydrogen) atoms. The van der Waals surface area contributed by atoms with Crippen LogP contribution in [0.5, 0.6) is 0 Å². The predicted molar refractivity (Wildman–Crippen MR) is 107 cm³/mol. The zero-order chi connectivity index (χ0) is 18.0. The molecule has 0 atom stereocenters. The predicted octanol–water partition coefficient (Wildman–Crippen LogP) is 5.38. The van der Waals surface area contributed by atoms with Crippen molar-refractivity contribution in [3.63, 3.8) is 0 Å². The third-order valence-electron chi connectivity index (χ3n) is 6.93. The van der Waals surface area contributed by atoms with E-state index in [0.717, 1.165) is 35.5 Å². The van der Waals surface area contributed by atoms with Gasteiger partial charge in [-0.25, -0.2) is 0 Å². The first-order chi connectivity index (χ1) is 12.7. The number of rotatable bonds is 8. The Morgan fingerprint density at radius 1 is 1.00 bits per heavy atom. The maximum atomic E-state index is 13.1. The van der Waals surface area contributed by atoms with E-state index >= 15 is 0 Å².